The first-order valence-corrected chi connectivity index (χ1v) is 8.48. The minimum absolute atomic E-state index is 0.103. The molecular formula is C20H24N2O2. The predicted octanol–water partition coefficient (Wildman–Crippen LogP) is 3.22. The first-order valence-electron chi connectivity index (χ1n) is 8.48. The first kappa shape index (κ1) is 16.5. The number of benzene rings is 2. The molecule has 4 heteroatoms. The molecule has 0 atom stereocenters. The molecule has 0 unspecified atom stereocenters. The smallest absolute Gasteiger partial charge is 0.227 e. The SMILES string of the molecule is COc1ccc(NC(=O)C2CCNCC2)cc1Cc1ccccc1. The lowest BCUT2D eigenvalue weighted by Gasteiger charge is -2.22. The van der Waals surface area contributed by atoms with Crippen LogP contribution in [0.2, 0.25) is 0 Å². The van der Waals surface area contributed by atoms with Crippen LogP contribution < -0.4 is 15.4 Å². The molecule has 2 aromatic carbocycles. The second-order valence-electron chi connectivity index (χ2n) is 6.20. The van der Waals surface area contributed by atoms with Gasteiger partial charge in [0.25, 0.3) is 0 Å². The molecule has 2 N–H and O–H groups in total. The van der Waals surface area contributed by atoms with Crippen LogP contribution in [0, 0.1) is 5.92 Å². The maximum absolute atomic E-state index is 12.4. The van der Waals surface area contributed by atoms with Crippen molar-refractivity contribution in [3.05, 3.63) is 59.7 Å². The van der Waals surface area contributed by atoms with E-state index >= 15 is 0 Å². The molecule has 24 heavy (non-hydrogen) atoms. The monoisotopic (exact) mass is 324 g/mol. The van der Waals surface area contributed by atoms with Gasteiger partial charge >= 0.3 is 0 Å². The summed E-state index contributed by atoms with van der Waals surface area (Å²) in [6.45, 7) is 1.83. The molecule has 1 fully saturated rings. The summed E-state index contributed by atoms with van der Waals surface area (Å²) in [6, 6.07) is 16.1. The number of carbonyl (C=O) groups excluding carboxylic acids is 1. The Morgan fingerprint density at radius 1 is 1.17 bits per heavy atom. The average Bonchev–Trinajstić information content (AvgIpc) is 2.63. The van der Waals surface area contributed by atoms with E-state index in [4.69, 9.17) is 4.74 Å². The molecule has 126 valence electrons. The second kappa shape index (κ2) is 7.97. The minimum atomic E-state index is 0.103. The molecular weight excluding hydrogens is 300 g/mol. The number of hydrogen-bond donors (Lipinski definition) is 2. The third-order valence-corrected chi connectivity index (χ3v) is 4.50. The van der Waals surface area contributed by atoms with E-state index in [9.17, 15) is 4.79 Å². The molecule has 0 aromatic heterocycles. The maximum atomic E-state index is 12.4. The molecule has 3 rings (SSSR count). The van der Waals surface area contributed by atoms with E-state index < -0.39 is 0 Å². The average molecular weight is 324 g/mol. The van der Waals surface area contributed by atoms with E-state index in [1.165, 1.54) is 5.56 Å². The fourth-order valence-electron chi connectivity index (χ4n) is 3.14. The molecule has 1 amide bonds. The van der Waals surface area contributed by atoms with Crippen molar-refractivity contribution >= 4 is 11.6 Å². The van der Waals surface area contributed by atoms with Crippen LogP contribution in [0.5, 0.6) is 5.75 Å². The molecule has 2 aromatic rings. The summed E-state index contributed by atoms with van der Waals surface area (Å²) in [5, 5.41) is 6.36. The number of anilines is 1. The molecule has 1 saturated heterocycles. The van der Waals surface area contributed by atoms with Crippen molar-refractivity contribution in [2.45, 2.75) is 19.3 Å². The standard InChI is InChI=1S/C20H24N2O2/c1-24-19-8-7-18(22-20(23)16-9-11-21-12-10-16)14-17(19)13-15-5-3-2-4-6-15/h2-8,14,16,21H,9-13H2,1H3,(H,22,23). The van der Waals surface area contributed by atoms with Gasteiger partial charge in [-0.05, 0) is 49.7 Å². The van der Waals surface area contributed by atoms with Gasteiger partial charge in [0.2, 0.25) is 5.91 Å². The number of ether oxygens (including phenoxy) is 1. The number of rotatable bonds is 5. The van der Waals surface area contributed by atoms with Crippen LogP contribution in [0.4, 0.5) is 5.69 Å². The van der Waals surface area contributed by atoms with Gasteiger partial charge in [-0.15, -0.1) is 0 Å². The zero-order chi connectivity index (χ0) is 16.8. The Hall–Kier alpha value is -2.33. The Morgan fingerprint density at radius 3 is 2.62 bits per heavy atom. The van der Waals surface area contributed by atoms with Gasteiger partial charge in [0.05, 0.1) is 7.11 Å². The van der Waals surface area contributed by atoms with E-state index in [-0.39, 0.29) is 11.8 Å². The summed E-state index contributed by atoms with van der Waals surface area (Å²) in [7, 11) is 1.68. The van der Waals surface area contributed by atoms with Crippen molar-refractivity contribution in [3.8, 4) is 5.75 Å². The summed E-state index contributed by atoms with van der Waals surface area (Å²) in [6.07, 6.45) is 2.58. The zero-order valence-electron chi connectivity index (χ0n) is 14.0. The largest absolute Gasteiger partial charge is 0.496 e. The summed E-state index contributed by atoms with van der Waals surface area (Å²) in [5.74, 6) is 1.07. The van der Waals surface area contributed by atoms with Gasteiger partial charge in [0, 0.05) is 23.6 Å². The van der Waals surface area contributed by atoms with E-state index in [0.29, 0.717) is 0 Å². The quantitative estimate of drug-likeness (QED) is 0.888. The highest BCUT2D eigenvalue weighted by Crippen LogP contribution is 2.26. The van der Waals surface area contributed by atoms with E-state index in [1.54, 1.807) is 7.11 Å². The third-order valence-electron chi connectivity index (χ3n) is 4.50. The number of carbonyl (C=O) groups is 1. The Labute approximate surface area is 143 Å². The number of methoxy groups -OCH3 is 1. The van der Waals surface area contributed by atoms with E-state index in [1.807, 2.05) is 36.4 Å². The van der Waals surface area contributed by atoms with Crippen LogP contribution >= 0.6 is 0 Å². The lowest BCUT2D eigenvalue weighted by Crippen LogP contribution is -2.34. The number of amides is 1. The second-order valence-corrected chi connectivity index (χ2v) is 6.20. The van der Waals surface area contributed by atoms with Gasteiger partial charge in [-0.3, -0.25) is 4.79 Å². The van der Waals surface area contributed by atoms with Crippen molar-refractivity contribution in [1.29, 1.82) is 0 Å². The highest BCUT2D eigenvalue weighted by molar-refractivity contribution is 5.92. The molecule has 1 aliphatic heterocycles. The highest BCUT2D eigenvalue weighted by atomic mass is 16.5. The van der Waals surface area contributed by atoms with E-state index in [2.05, 4.69) is 22.8 Å². The predicted molar refractivity (Wildman–Crippen MR) is 96.5 cm³/mol. The molecule has 1 aliphatic rings. The summed E-state index contributed by atoms with van der Waals surface area (Å²) >= 11 is 0. The van der Waals surface area contributed by atoms with Crippen LogP contribution in [0.15, 0.2) is 48.5 Å². The van der Waals surface area contributed by atoms with Crippen LogP contribution in [-0.2, 0) is 11.2 Å². The van der Waals surface area contributed by atoms with Crippen molar-refractivity contribution in [3.63, 3.8) is 0 Å². The first-order chi connectivity index (χ1) is 11.8. The lowest BCUT2D eigenvalue weighted by atomic mass is 9.97. The molecule has 0 radical (unpaired) electrons. The molecule has 4 nitrogen and oxygen atoms in total. The molecule has 0 saturated carbocycles. The van der Waals surface area contributed by atoms with Crippen LogP contribution in [0.25, 0.3) is 0 Å². The molecule has 0 bridgehead atoms. The molecule has 1 heterocycles. The fourth-order valence-corrected chi connectivity index (χ4v) is 3.14. The van der Waals surface area contributed by atoms with Gasteiger partial charge in [-0.1, -0.05) is 30.3 Å². The minimum Gasteiger partial charge on any atom is -0.496 e. The lowest BCUT2D eigenvalue weighted by molar-refractivity contribution is -0.120. The van der Waals surface area contributed by atoms with Crippen LogP contribution in [0.1, 0.15) is 24.0 Å². The van der Waals surface area contributed by atoms with Gasteiger partial charge in [-0.2, -0.15) is 0 Å². The fraction of sp³-hybridized carbons (Fsp3) is 0.350. The summed E-state index contributed by atoms with van der Waals surface area (Å²) < 4.78 is 5.47. The topological polar surface area (TPSA) is 50.4 Å². The molecule has 0 aliphatic carbocycles. The van der Waals surface area contributed by atoms with Gasteiger partial charge in [0.15, 0.2) is 0 Å². The number of piperidine rings is 1. The van der Waals surface area contributed by atoms with Crippen molar-refractivity contribution in [2.24, 2.45) is 5.92 Å². The Balaban J connectivity index is 1.74. The van der Waals surface area contributed by atoms with Crippen LogP contribution in [-0.4, -0.2) is 26.1 Å². The summed E-state index contributed by atoms with van der Waals surface area (Å²) in [5.41, 5.74) is 3.13. The van der Waals surface area contributed by atoms with E-state index in [0.717, 1.165) is 49.4 Å². The van der Waals surface area contributed by atoms with Crippen LogP contribution in [0.3, 0.4) is 0 Å². The number of nitrogens with one attached hydrogen (secondary N) is 2. The van der Waals surface area contributed by atoms with Gasteiger partial charge in [0.1, 0.15) is 5.75 Å². The highest BCUT2D eigenvalue weighted by Gasteiger charge is 2.21. The summed E-state index contributed by atoms with van der Waals surface area (Å²) in [4.78, 5) is 12.4. The number of hydrogen-bond acceptors (Lipinski definition) is 3. The molecule has 0 spiro atoms. The van der Waals surface area contributed by atoms with Crippen molar-refractivity contribution in [1.82, 2.24) is 5.32 Å². The third kappa shape index (κ3) is 4.15. The Morgan fingerprint density at radius 2 is 1.92 bits per heavy atom. The van der Waals surface area contributed by atoms with Gasteiger partial charge in [-0.25, -0.2) is 0 Å². The normalized spacial score (nSPS) is 15.0. The van der Waals surface area contributed by atoms with Gasteiger partial charge < -0.3 is 15.4 Å². The zero-order valence-corrected chi connectivity index (χ0v) is 14.0. The van der Waals surface area contributed by atoms with Crippen molar-refractivity contribution in [2.75, 3.05) is 25.5 Å². The van der Waals surface area contributed by atoms with Crippen molar-refractivity contribution < 1.29 is 9.53 Å². The Kier molecular flexibility index (Phi) is 5.49. The maximum Gasteiger partial charge on any atom is 0.227 e. The Bertz CT molecular complexity index is 679.